The monoisotopic (exact) mass is 324 g/mol. The summed E-state index contributed by atoms with van der Waals surface area (Å²) in [5.41, 5.74) is 2.41. The molecule has 0 saturated carbocycles. The molecule has 2 heterocycles. The zero-order valence-electron chi connectivity index (χ0n) is 13.1. The molecule has 7 heteroatoms. The van der Waals surface area contributed by atoms with E-state index < -0.39 is 0 Å². The fourth-order valence-corrected chi connectivity index (χ4v) is 2.18. The zero-order chi connectivity index (χ0) is 16.8. The van der Waals surface area contributed by atoms with E-state index in [1.54, 1.807) is 19.5 Å². The predicted octanol–water partition coefficient (Wildman–Crippen LogP) is 1.54. The number of methoxy groups -OCH3 is 1. The lowest BCUT2D eigenvalue weighted by molar-refractivity contribution is -0.119. The first-order valence-corrected chi connectivity index (χ1v) is 7.35. The Hall–Kier alpha value is -3.22. The standard InChI is InChI=1S/C17H16N4O3/c1-23-14-4-2-3-12(9-14)10-16(22)19-17-21-20-15(11-24-17)13-5-7-18-8-6-13/h2-9H,10-11H2,1H3,(H,19,21,22). The van der Waals surface area contributed by atoms with Gasteiger partial charge in [0.15, 0.2) is 0 Å². The number of nitrogens with one attached hydrogen (secondary N) is 1. The number of aromatic nitrogens is 1. The van der Waals surface area contributed by atoms with E-state index in [4.69, 9.17) is 9.47 Å². The van der Waals surface area contributed by atoms with E-state index in [1.165, 1.54) is 0 Å². The summed E-state index contributed by atoms with van der Waals surface area (Å²) in [7, 11) is 1.59. The molecule has 2 aromatic rings. The lowest BCUT2D eigenvalue weighted by atomic mass is 10.1. The number of rotatable bonds is 4. The van der Waals surface area contributed by atoms with E-state index >= 15 is 0 Å². The number of carbonyl (C=O) groups excluding carboxylic acids is 1. The first kappa shape index (κ1) is 15.7. The summed E-state index contributed by atoms with van der Waals surface area (Å²) in [6, 6.07) is 11.1. The minimum atomic E-state index is -0.232. The second-order valence-corrected chi connectivity index (χ2v) is 5.05. The van der Waals surface area contributed by atoms with Crippen molar-refractivity contribution < 1.29 is 14.3 Å². The third-order valence-corrected chi connectivity index (χ3v) is 3.37. The lowest BCUT2D eigenvalue weighted by Gasteiger charge is -2.14. The summed E-state index contributed by atoms with van der Waals surface area (Å²) < 4.78 is 10.6. The Morgan fingerprint density at radius 2 is 2.08 bits per heavy atom. The SMILES string of the molecule is COc1cccc(CC(=O)NC2=NN=C(c3ccncc3)CO2)c1. The molecule has 7 nitrogen and oxygen atoms in total. The van der Waals surface area contributed by atoms with Crippen molar-refractivity contribution in [3.05, 3.63) is 59.9 Å². The van der Waals surface area contributed by atoms with Crippen molar-refractivity contribution in [2.24, 2.45) is 10.2 Å². The Bertz CT molecular complexity index is 787. The number of benzene rings is 1. The number of amidine groups is 1. The van der Waals surface area contributed by atoms with Crippen molar-refractivity contribution in [2.75, 3.05) is 13.7 Å². The van der Waals surface area contributed by atoms with Crippen LogP contribution in [-0.4, -0.2) is 36.3 Å². The Morgan fingerprint density at radius 1 is 1.25 bits per heavy atom. The minimum absolute atomic E-state index is 0.0979. The highest BCUT2D eigenvalue weighted by Gasteiger charge is 2.15. The van der Waals surface area contributed by atoms with Gasteiger partial charge in [-0.3, -0.25) is 15.1 Å². The van der Waals surface area contributed by atoms with Gasteiger partial charge in [-0.25, -0.2) is 0 Å². The van der Waals surface area contributed by atoms with Crippen LogP contribution in [0.2, 0.25) is 0 Å². The number of nitrogens with zero attached hydrogens (tertiary/aromatic N) is 3. The van der Waals surface area contributed by atoms with Crippen LogP contribution in [0.1, 0.15) is 11.1 Å². The van der Waals surface area contributed by atoms with E-state index in [1.807, 2.05) is 36.4 Å². The maximum Gasteiger partial charge on any atom is 0.315 e. The predicted molar refractivity (Wildman–Crippen MR) is 89.0 cm³/mol. The number of pyridine rings is 1. The number of carbonyl (C=O) groups is 1. The molecule has 3 rings (SSSR count). The number of hydrogen-bond acceptors (Lipinski definition) is 6. The van der Waals surface area contributed by atoms with E-state index in [2.05, 4.69) is 20.5 Å². The van der Waals surface area contributed by atoms with Gasteiger partial charge in [0.05, 0.1) is 13.5 Å². The first-order valence-electron chi connectivity index (χ1n) is 7.35. The van der Waals surface area contributed by atoms with Crippen LogP contribution in [0.15, 0.2) is 59.0 Å². The minimum Gasteiger partial charge on any atom is -0.497 e. The molecule has 0 unspecified atom stereocenters. The van der Waals surface area contributed by atoms with Gasteiger partial charge in [0.25, 0.3) is 0 Å². The highest BCUT2D eigenvalue weighted by molar-refractivity contribution is 6.05. The van der Waals surface area contributed by atoms with Gasteiger partial charge in [-0.05, 0) is 29.8 Å². The molecule has 1 aliphatic rings. The molecule has 0 spiro atoms. The van der Waals surface area contributed by atoms with Crippen molar-refractivity contribution in [3.63, 3.8) is 0 Å². The number of amides is 1. The molecule has 1 N–H and O–H groups in total. The summed E-state index contributed by atoms with van der Waals surface area (Å²) in [5, 5.41) is 10.6. The Kier molecular flexibility index (Phi) is 4.81. The summed E-state index contributed by atoms with van der Waals surface area (Å²) in [4.78, 5) is 16.0. The van der Waals surface area contributed by atoms with Crippen molar-refractivity contribution in [1.82, 2.24) is 10.3 Å². The van der Waals surface area contributed by atoms with Gasteiger partial charge in [-0.2, -0.15) is 0 Å². The molecule has 0 atom stereocenters. The quantitative estimate of drug-likeness (QED) is 0.924. The maximum absolute atomic E-state index is 12.1. The highest BCUT2D eigenvalue weighted by atomic mass is 16.5. The fraction of sp³-hybridized carbons (Fsp3) is 0.176. The zero-order valence-corrected chi connectivity index (χ0v) is 13.1. The first-order chi connectivity index (χ1) is 11.7. The molecule has 0 bridgehead atoms. The van der Waals surface area contributed by atoms with E-state index in [9.17, 15) is 4.79 Å². The van der Waals surface area contributed by atoms with E-state index in [0.29, 0.717) is 11.5 Å². The molecule has 1 aromatic heterocycles. The molecule has 122 valence electrons. The molecule has 24 heavy (non-hydrogen) atoms. The average molecular weight is 324 g/mol. The molecule has 0 radical (unpaired) electrons. The smallest absolute Gasteiger partial charge is 0.315 e. The van der Waals surface area contributed by atoms with E-state index in [0.717, 1.165) is 11.1 Å². The van der Waals surface area contributed by atoms with Crippen LogP contribution in [0.5, 0.6) is 5.75 Å². The lowest BCUT2D eigenvalue weighted by Crippen LogP contribution is -2.36. The summed E-state index contributed by atoms with van der Waals surface area (Å²) in [6.45, 7) is 0.238. The molecule has 0 fully saturated rings. The van der Waals surface area contributed by atoms with Gasteiger partial charge in [0, 0.05) is 18.0 Å². The normalized spacial score (nSPS) is 13.4. The molecule has 1 aliphatic heterocycles. The topological polar surface area (TPSA) is 85.2 Å². The number of hydrogen-bond donors (Lipinski definition) is 1. The maximum atomic E-state index is 12.1. The van der Waals surface area contributed by atoms with Gasteiger partial charge in [-0.15, -0.1) is 5.10 Å². The van der Waals surface area contributed by atoms with Crippen LogP contribution in [-0.2, 0) is 16.0 Å². The van der Waals surface area contributed by atoms with Crippen molar-refractivity contribution >= 4 is 17.6 Å². The molecule has 1 aromatic carbocycles. The average Bonchev–Trinajstić information content (AvgIpc) is 2.63. The molecular weight excluding hydrogens is 308 g/mol. The van der Waals surface area contributed by atoms with Crippen LogP contribution in [0, 0.1) is 0 Å². The largest absolute Gasteiger partial charge is 0.497 e. The van der Waals surface area contributed by atoms with Crippen molar-refractivity contribution in [2.45, 2.75) is 6.42 Å². The van der Waals surface area contributed by atoms with Crippen molar-refractivity contribution in [1.29, 1.82) is 0 Å². The van der Waals surface area contributed by atoms with Gasteiger partial charge < -0.3 is 9.47 Å². The fourth-order valence-electron chi connectivity index (χ4n) is 2.18. The van der Waals surface area contributed by atoms with Crippen LogP contribution in [0.3, 0.4) is 0 Å². The van der Waals surface area contributed by atoms with Gasteiger partial charge in [-0.1, -0.05) is 17.2 Å². The van der Waals surface area contributed by atoms with Gasteiger partial charge in [0.2, 0.25) is 5.91 Å². The summed E-state index contributed by atoms with van der Waals surface area (Å²) >= 11 is 0. The number of ether oxygens (including phenoxy) is 2. The molecule has 0 saturated heterocycles. The second-order valence-electron chi connectivity index (χ2n) is 5.05. The van der Waals surface area contributed by atoms with Crippen LogP contribution < -0.4 is 10.1 Å². The van der Waals surface area contributed by atoms with Gasteiger partial charge in [0.1, 0.15) is 18.1 Å². The molecule has 0 aliphatic carbocycles. The Morgan fingerprint density at radius 3 is 2.79 bits per heavy atom. The summed E-state index contributed by atoms with van der Waals surface area (Å²) in [6.07, 6.45) is 3.54. The third-order valence-electron chi connectivity index (χ3n) is 3.37. The molecular formula is C17H16N4O3. The van der Waals surface area contributed by atoms with Gasteiger partial charge >= 0.3 is 6.02 Å². The van der Waals surface area contributed by atoms with Crippen molar-refractivity contribution in [3.8, 4) is 5.75 Å². The van der Waals surface area contributed by atoms with Crippen LogP contribution >= 0.6 is 0 Å². The Labute approximate surface area is 139 Å². The Balaban J connectivity index is 1.61. The third kappa shape index (κ3) is 3.95. The van der Waals surface area contributed by atoms with E-state index in [-0.39, 0.29) is 25.0 Å². The van der Waals surface area contributed by atoms with Crippen LogP contribution in [0.4, 0.5) is 0 Å². The second kappa shape index (κ2) is 7.36. The molecule has 1 amide bonds. The summed E-state index contributed by atoms with van der Waals surface area (Å²) in [5.74, 6) is 0.475. The van der Waals surface area contributed by atoms with Crippen LogP contribution in [0.25, 0.3) is 0 Å². The highest BCUT2D eigenvalue weighted by Crippen LogP contribution is 2.13.